The van der Waals surface area contributed by atoms with Crippen molar-refractivity contribution in [1.29, 1.82) is 0 Å². The Bertz CT molecular complexity index is 634. The smallest absolute Gasteiger partial charge is 0.419 e. The number of phenolic OH excluding ortho intramolecular Hbond substituents is 1. The van der Waals surface area contributed by atoms with Gasteiger partial charge < -0.3 is 10.4 Å². The van der Waals surface area contributed by atoms with Gasteiger partial charge in [-0.1, -0.05) is 0 Å². The minimum atomic E-state index is -4.79. The molecule has 2 aromatic rings. The Hall–Kier alpha value is -2.31. The van der Waals surface area contributed by atoms with Crippen molar-refractivity contribution in [3.8, 4) is 5.75 Å². The van der Waals surface area contributed by atoms with E-state index >= 15 is 0 Å². The molecule has 2 rings (SSSR count). The molecule has 2 aromatic carbocycles. The Morgan fingerprint density at radius 1 is 1.00 bits per heavy atom. The van der Waals surface area contributed by atoms with Crippen LogP contribution in [-0.4, -0.2) is 5.11 Å². The number of hydrogen-bond donors (Lipinski definition) is 2. The van der Waals surface area contributed by atoms with Gasteiger partial charge in [-0.25, -0.2) is 8.78 Å². The summed E-state index contributed by atoms with van der Waals surface area (Å²) in [5.41, 5.74) is -1.01. The highest BCUT2D eigenvalue weighted by Crippen LogP contribution is 2.33. The lowest BCUT2D eigenvalue weighted by atomic mass is 10.1. The molecule has 7 heteroatoms. The van der Waals surface area contributed by atoms with E-state index in [1.807, 2.05) is 0 Å². The number of anilines is 1. The molecule has 112 valence electrons. The monoisotopic (exact) mass is 303 g/mol. The molecule has 2 N–H and O–H groups in total. The molecule has 0 aliphatic heterocycles. The molecule has 0 aliphatic rings. The maximum atomic E-state index is 13.1. The van der Waals surface area contributed by atoms with Crippen LogP contribution in [0.1, 0.15) is 11.1 Å². The van der Waals surface area contributed by atoms with Crippen molar-refractivity contribution in [2.45, 2.75) is 12.7 Å². The van der Waals surface area contributed by atoms with Crippen LogP contribution in [0.15, 0.2) is 36.4 Å². The number of alkyl halides is 3. The number of hydrogen-bond acceptors (Lipinski definition) is 2. The normalized spacial score (nSPS) is 11.5. The summed E-state index contributed by atoms with van der Waals surface area (Å²) in [6, 6.07) is 5.78. The van der Waals surface area contributed by atoms with Crippen LogP contribution in [0.4, 0.5) is 27.6 Å². The fourth-order valence-corrected chi connectivity index (χ4v) is 1.79. The van der Waals surface area contributed by atoms with Gasteiger partial charge in [-0.15, -0.1) is 0 Å². The Balaban J connectivity index is 2.17. The molecule has 0 radical (unpaired) electrons. The predicted molar refractivity (Wildman–Crippen MR) is 66.8 cm³/mol. The molecule has 0 bridgehead atoms. The van der Waals surface area contributed by atoms with Crippen molar-refractivity contribution in [2.24, 2.45) is 0 Å². The van der Waals surface area contributed by atoms with E-state index in [4.69, 9.17) is 0 Å². The van der Waals surface area contributed by atoms with Gasteiger partial charge in [0.2, 0.25) is 0 Å². The van der Waals surface area contributed by atoms with Crippen LogP contribution in [0.3, 0.4) is 0 Å². The van der Waals surface area contributed by atoms with E-state index in [0.29, 0.717) is 17.7 Å². The molecule has 0 fully saturated rings. The standard InChI is InChI=1S/C14H10F5NO/c15-9-3-8(4-11(21)5-9)7-20-10-1-2-13(16)12(6-10)14(17,18)19/h1-6,20-21H,7H2. The van der Waals surface area contributed by atoms with Gasteiger partial charge in [0.1, 0.15) is 17.4 Å². The molecule has 21 heavy (non-hydrogen) atoms. The van der Waals surface area contributed by atoms with Gasteiger partial charge in [-0.05, 0) is 35.9 Å². The number of rotatable bonds is 3. The van der Waals surface area contributed by atoms with E-state index < -0.39 is 23.4 Å². The number of aromatic hydroxyl groups is 1. The number of halogens is 5. The Morgan fingerprint density at radius 2 is 1.71 bits per heavy atom. The second-order valence-electron chi connectivity index (χ2n) is 4.36. The van der Waals surface area contributed by atoms with Crippen LogP contribution in [0.5, 0.6) is 5.75 Å². The number of phenols is 1. The number of benzene rings is 2. The van der Waals surface area contributed by atoms with Crippen LogP contribution in [0.25, 0.3) is 0 Å². The minimum absolute atomic E-state index is 0.0196. The van der Waals surface area contributed by atoms with E-state index in [9.17, 15) is 27.1 Å². The van der Waals surface area contributed by atoms with Crippen LogP contribution < -0.4 is 5.32 Å². The summed E-state index contributed by atoms with van der Waals surface area (Å²) in [6.07, 6.45) is -4.79. The highest BCUT2D eigenvalue weighted by Gasteiger charge is 2.34. The maximum Gasteiger partial charge on any atom is 0.419 e. The molecule has 0 spiro atoms. The highest BCUT2D eigenvalue weighted by atomic mass is 19.4. The van der Waals surface area contributed by atoms with Crippen molar-refractivity contribution in [3.63, 3.8) is 0 Å². The fraction of sp³-hybridized carbons (Fsp3) is 0.143. The molecule has 0 atom stereocenters. The lowest BCUT2D eigenvalue weighted by molar-refractivity contribution is -0.139. The van der Waals surface area contributed by atoms with Crippen LogP contribution in [0.2, 0.25) is 0 Å². The van der Waals surface area contributed by atoms with Gasteiger partial charge in [0.25, 0.3) is 0 Å². The molecule has 0 saturated carbocycles. The molecular weight excluding hydrogens is 293 g/mol. The third-order valence-electron chi connectivity index (χ3n) is 2.71. The minimum Gasteiger partial charge on any atom is -0.508 e. The Kier molecular flexibility index (Phi) is 4.02. The molecule has 0 amide bonds. The Morgan fingerprint density at radius 3 is 2.33 bits per heavy atom. The van der Waals surface area contributed by atoms with Crippen molar-refractivity contribution in [3.05, 3.63) is 59.2 Å². The second-order valence-corrected chi connectivity index (χ2v) is 4.36. The predicted octanol–water partition coefficient (Wildman–Crippen LogP) is 4.30. The summed E-state index contributed by atoms with van der Waals surface area (Å²) >= 11 is 0. The zero-order valence-electron chi connectivity index (χ0n) is 10.5. The van der Waals surface area contributed by atoms with Gasteiger partial charge in [-0.2, -0.15) is 13.2 Å². The van der Waals surface area contributed by atoms with Crippen molar-refractivity contribution >= 4 is 5.69 Å². The zero-order valence-corrected chi connectivity index (χ0v) is 10.5. The van der Waals surface area contributed by atoms with Gasteiger partial charge in [0, 0.05) is 18.3 Å². The molecule has 2 nitrogen and oxygen atoms in total. The summed E-state index contributed by atoms with van der Waals surface area (Å²) in [4.78, 5) is 0. The number of nitrogens with one attached hydrogen (secondary N) is 1. The van der Waals surface area contributed by atoms with E-state index in [-0.39, 0.29) is 18.0 Å². The molecule has 0 unspecified atom stereocenters. The van der Waals surface area contributed by atoms with Gasteiger partial charge >= 0.3 is 6.18 Å². The van der Waals surface area contributed by atoms with Crippen LogP contribution in [0, 0.1) is 11.6 Å². The molecular formula is C14H10F5NO. The largest absolute Gasteiger partial charge is 0.508 e. The zero-order chi connectivity index (χ0) is 15.6. The molecule has 0 heterocycles. The maximum absolute atomic E-state index is 13.1. The average Bonchev–Trinajstić information content (AvgIpc) is 2.35. The Labute approximate surface area is 116 Å². The lowest BCUT2D eigenvalue weighted by Crippen LogP contribution is -2.09. The van der Waals surface area contributed by atoms with Crippen LogP contribution >= 0.6 is 0 Å². The topological polar surface area (TPSA) is 32.3 Å². The summed E-state index contributed by atoms with van der Waals surface area (Å²) in [7, 11) is 0. The quantitative estimate of drug-likeness (QED) is 0.829. The van der Waals surface area contributed by atoms with Gasteiger partial charge in [0.05, 0.1) is 5.56 Å². The summed E-state index contributed by atoms with van der Waals surface area (Å²) < 4.78 is 63.8. The van der Waals surface area contributed by atoms with Crippen LogP contribution in [-0.2, 0) is 12.7 Å². The van der Waals surface area contributed by atoms with Crippen molar-refractivity contribution in [2.75, 3.05) is 5.32 Å². The molecule has 0 aliphatic carbocycles. The summed E-state index contributed by atoms with van der Waals surface area (Å²) in [5, 5.41) is 11.8. The molecule has 0 saturated heterocycles. The molecule has 0 aromatic heterocycles. The van der Waals surface area contributed by atoms with E-state index in [1.165, 1.54) is 6.07 Å². The summed E-state index contributed by atoms with van der Waals surface area (Å²) in [5.74, 6) is -2.32. The lowest BCUT2D eigenvalue weighted by Gasteiger charge is -2.12. The van der Waals surface area contributed by atoms with E-state index in [2.05, 4.69) is 5.32 Å². The first kappa shape index (κ1) is 15.1. The first-order chi connectivity index (χ1) is 9.75. The van der Waals surface area contributed by atoms with Gasteiger partial charge in [0.15, 0.2) is 0 Å². The van der Waals surface area contributed by atoms with E-state index in [0.717, 1.165) is 18.2 Å². The second kappa shape index (κ2) is 5.59. The SMILES string of the molecule is Oc1cc(F)cc(CNc2ccc(F)c(C(F)(F)F)c2)c1. The van der Waals surface area contributed by atoms with Crippen molar-refractivity contribution < 1.29 is 27.1 Å². The van der Waals surface area contributed by atoms with Crippen molar-refractivity contribution in [1.82, 2.24) is 0 Å². The third kappa shape index (κ3) is 3.84. The first-order valence-electron chi connectivity index (χ1n) is 5.85. The fourth-order valence-electron chi connectivity index (χ4n) is 1.79. The summed E-state index contributed by atoms with van der Waals surface area (Å²) in [6.45, 7) is -0.0196. The first-order valence-corrected chi connectivity index (χ1v) is 5.85. The van der Waals surface area contributed by atoms with E-state index in [1.54, 1.807) is 0 Å². The van der Waals surface area contributed by atoms with Gasteiger partial charge in [-0.3, -0.25) is 0 Å². The third-order valence-corrected chi connectivity index (χ3v) is 2.71. The average molecular weight is 303 g/mol. The highest BCUT2D eigenvalue weighted by molar-refractivity contribution is 5.47.